The molecule has 0 aliphatic heterocycles. The molecule has 2 nitrogen and oxygen atoms in total. The van der Waals surface area contributed by atoms with Crippen LogP contribution in [0.5, 0.6) is 0 Å². The summed E-state index contributed by atoms with van der Waals surface area (Å²) in [6, 6.07) is 63.6. The Kier molecular flexibility index (Phi) is 6.16. The highest BCUT2D eigenvalue weighted by molar-refractivity contribution is 7.26. The zero-order valence-corrected chi connectivity index (χ0v) is 28.3. The molecule has 0 saturated heterocycles. The van der Waals surface area contributed by atoms with Crippen molar-refractivity contribution >= 4 is 75.3 Å². The molecule has 11 aromatic rings. The van der Waals surface area contributed by atoms with Crippen LogP contribution in [-0.2, 0) is 0 Å². The number of hydrogen-bond acceptors (Lipinski definition) is 2. The molecule has 3 heterocycles. The third kappa shape index (κ3) is 4.29. The molecule has 0 aliphatic carbocycles. The van der Waals surface area contributed by atoms with Gasteiger partial charge in [-0.2, -0.15) is 0 Å². The largest absolute Gasteiger partial charge is 0.455 e. The maximum Gasteiger partial charge on any atom is 0.143 e. The van der Waals surface area contributed by atoms with Crippen molar-refractivity contribution < 1.29 is 4.42 Å². The number of thiophene rings is 1. The van der Waals surface area contributed by atoms with Gasteiger partial charge in [-0.15, -0.1) is 11.3 Å². The quantitative estimate of drug-likeness (QED) is 0.183. The second kappa shape index (κ2) is 11.0. The molecule has 0 saturated carbocycles. The van der Waals surface area contributed by atoms with Gasteiger partial charge in [0.1, 0.15) is 11.2 Å². The first-order valence-corrected chi connectivity index (χ1v) is 18.2. The number of aromatic nitrogens is 1. The number of hydrogen-bond donors (Lipinski definition) is 0. The Hall–Kier alpha value is -6.42. The molecule has 8 aromatic carbocycles. The summed E-state index contributed by atoms with van der Waals surface area (Å²) in [5.74, 6) is 0. The molecule has 0 spiro atoms. The van der Waals surface area contributed by atoms with Crippen LogP contribution in [0.1, 0.15) is 0 Å². The van der Waals surface area contributed by atoms with E-state index in [9.17, 15) is 0 Å². The zero-order chi connectivity index (χ0) is 33.5. The Balaban J connectivity index is 1.18. The van der Waals surface area contributed by atoms with Gasteiger partial charge in [0, 0.05) is 42.6 Å². The van der Waals surface area contributed by atoms with Crippen LogP contribution in [0.25, 0.3) is 103 Å². The molecule has 0 amide bonds. The third-order valence-electron chi connectivity index (χ3n) is 10.4. The monoisotopic (exact) mass is 667 g/mol. The van der Waals surface area contributed by atoms with Crippen molar-refractivity contribution in [1.29, 1.82) is 0 Å². The molecular weight excluding hydrogens is 639 g/mol. The van der Waals surface area contributed by atoms with E-state index in [-0.39, 0.29) is 0 Å². The predicted octanol–water partition coefficient (Wildman–Crippen LogP) is 14.1. The van der Waals surface area contributed by atoms with E-state index >= 15 is 0 Å². The molecule has 3 heteroatoms. The smallest absolute Gasteiger partial charge is 0.143 e. The Morgan fingerprint density at radius 2 is 1.00 bits per heavy atom. The lowest BCUT2D eigenvalue weighted by atomic mass is 9.97. The molecule has 0 radical (unpaired) electrons. The van der Waals surface area contributed by atoms with Crippen LogP contribution in [0.15, 0.2) is 180 Å². The normalized spacial score (nSPS) is 11.9. The van der Waals surface area contributed by atoms with E-state index in [0.29, 0.717) is 0 Å². The molecule has 0 aliphatic rings. The van der Waals surface area contributed by atoms with Crippen molar-refractivity contribution in [2.75, 3.05) is 0 Å². The third-order valence-corrected chi connectivity index (χ3v) is 11.6. The summed E-state index contributed by atoms with van der Waals surface area (Å²) in [7, 11) is 0. The van der Waals surface area contributed by atoms with Crippen LogP contribution < -0.4 is 0 Å². The van der Waals surface area contributed by atoms with E-state index in [2.05, 4.69) is 174 Å². The molecule has 0 bridgehead atoms. The van der Waals surface area contributed by atoms with Crippen molar-refractivity contribution in [3.8, 4) is 39.1 Å². The van der Waals surface area contributed by atoms with Crippen molar-refractivity contribution in [2.24, 2.45) is 0 Å². The van der Waals surface area contributed by atoms with Gasteiger partial charge in [-0.25, -0.2) is 0 Å². The lowest BCUT2D eigenvalue weighted by Gasteiger charge is -2.11. The summed E-state index contributed by atoms with van der Waals surface area (Å²) in [4.78, 5) is 0. The van der Waals surface area contributed by atoms with Gasteiger partial charge in [-0.05, 0) is 70.3 Å². The predicted molar refractivity (Wildman–Crippen MR) is 217 cm³/mol. The zero-order valence-electron chi connectivity index (χ0n) is 27.5. The fraction of sp³-hybridized carbons (Fsp3) is 0. The van der Waals surface area contributed by atoms with Crippen LogP contribution in [-0.4, -0.2) is 4.57 Å². The molecule has 0 atom stereocenters. The fourth-order valence-electron chi connectivity index (χ4n) is 8.10. The SMILES string of the molecule is c1ccc(-c2ccc3c(c2)c2cc(-c4ccccc4)ccc2n3-c2cccc3c2sc2cccc(-c4cccc5c4oc4ccccc45)c23)cc1. The molecule has 0 unspecified atom stereocenters. The Bertz CT molecular complexity index is 3030. The van der Waals surface area contributed by atoms with Crippen LogP contribution in [0.2, 0.25) is 0 Å². The summed E-state index contributed by atoms with van der Waals surface area (Å²) in [6.45, 7) is 0. The number of furan rings is 1. The number of nitrogens with zero attached hydrogens (tertiary/aromatic N) is 1. The Morgan fingerprint density at radius 3 is 1.73 bits per heavy atom. The summed E-state index contributed by atoms with van der Waals surface area (Å²) in [5.41, 5.74) is 12.7. The summed E-state index contributed by atoms with van der Waals surface area (Å²) < 4.78 is 11.6. The Morgan fingerprint density at radius 1 is 0.412 bits per heavy atom. The number of benzene rings is 8. The molecule has 3 aromatic heterocycles. The fourth-order valence-corrected chi connectivity index (χ4v) is 9.33. The van der Waals surface area contributed by atoms with E-state index < -0.39 is 0 Å². The first kappa shape index (κ1) is 28.4. The van der Waals surface area contributed by atoms with Gasteiger partial charge in [-0.1, -0.05) is 133 Å². The van der Waals surface area contributed by atoms with Crippen LogP contribution in [0.4, 0.5) is 0 Å². The first-order chi connectivity index (χ1) is 25.3. The summed E-state index contributed by atoms with van der Waals surface area (Å²) in [6.07, 6.45) is 0. The standard InChI is InChI=1S/C48H29NOS/c1-3-12-30(13-4-1)32-24-26-41-39(28-32)40-29-33(31-14-5-2-6-15-31)25-27-42(40)49(41)43-21-10-20-38-46-35(17-11-23-45(46)51-48(38)43)37-19-9-18-36-34-16-7-8-22-44(34)50-47(36)37/h1-29H. The maximum absolute atomic E-state index is 6.54. The minimum Gasteiger partial charge on any atom is -0.455 e. The van der Waals surface area contributed by atoms with Gasteiger partial charge in [0.25, 0.3) is 0 Å². The van der Waals surface area contributed by atoms with Crippen molar-refractivity contribution in [3.63, 3.8) is 0 Å². The van der Waals surface area contributed by atoms with Crippen LogP contribution in [0.3, 0.4) is 0 Å². The van der Waals surface area contributed by atoms with Crippen molar-refractivity contribution in [3.05, 3.63) is 176 Å². The van der Waals surface area contributed by atoms with Crippen LogP contribution >= 0.6 is 11.3 Å². The maximum atomic E-state index is 6.54. The highest BCUT2D eigenvalue weighted by Crippen LogP contribution is 2.46. The molecule has 0 fully saturated rings. The minimum absolute atomic E-state index is 0.918. The van der Waals surface area contributed by atoms with Gasteiger partial charge in [0.15, 0.2) is 0 Å². The number of rotatable bonds is 4. The number of para-hydroxylation sites is 2. The van der Waals surface area contributed by atoms with Crippen molar-refractivity contribution in [2.45, 2.75) is 0 Å². The number of fused-ring (bicyclic) bond motifs is 9. The van der Waals surface area contributed by atoms with E-state index in [1.807, 2.05) is 17.4 Å². The first-order valence-electron chi connectivity index (χ1n) is 17.3. The molecule has 238 valence electrons. The highest BCUT2D eigenvalue weighted by atomic mass is 32.1. The lowest BCUT2D eigenvalue weighted by Crippen LogP contribution is -1.94. The van der Waals surface area contributed by atoms with E-state index in [1.165, 1.54) is 75.5 Å². The topological polar surface area (TPSA) is 18.1 Å². The molecule has 0 N–H and O–H groups in total. The van der Waals surface area contributed by atoms with Crippen LogP contribution in [0, 0.1) is 0 Å². The minimum atomic E-state index is 0.918. The van der Waals surface area contributed by atoms with E-state index in [0.717, 1.165) is 27.5 Å². The average molecular weight is 668 g/mol. The second-order valence-electron chi connectivity index (χ2n) is 13.2. The Labute approximate surface area is 298 Å². The van der Waals surface area contributed by atoms with E-state index in [4.69, 9.17) is 4.42 Å². The molecule has 11 rings (SSSR count). The van der Waals surface area contributed by atoms with Gasteiger partial charge in [0.05, 0.1) is 21.4 Å². The highest BCUT2D eigenvalue weighted by Gasteiger charge is 2.21. The van der Waals surface area contributed by atoms with Crippen molar-refractivity contribution in [1.82, 2.24) is 4.57 Å². The second-order valence-corrected chi connectivity index (χ2v) is 14.3. The average Bonchev–Trinajstić information content (AvgIpc) is 3.88. The van der Waals surface area contributed by atoms with E-state index in [1.54, 1.807) is 0 Å². The summed E-state index contributed by atoms with van der Waals surface area (Å²) >= 11 is 1.87. The lowest BCUT2D eigenvalue weighted by molar-refractivity contribution is 0.670. The van der Waals surface area contributed by atoms with Gasteiger partial charge in [-0.3, -0.25) is 0 Å². The summed E-state index contributed by atoms with van der Waals surface area (Å²) in [5, 5.41) is 7.32. The van der Waals surface area contributed by atoms with Gasteiger partial charge in [0.2, 0.25) is 0 Å². The molecule has 51 heavy (non-hydrogen) atoms. The van der Waals surface area contributed by atoms with Gasteiger partial charge < -0.3 is 8.98 Å². The molecular formula is C48H29NOS. The van der Waals surface area contributed by atoms with Gasteiger partial charge >= 0.3 is 0 Å².